The van der Waals surface area contributed by atoms with Crippen molar-refractivity contribution in [3.05, 3.63) is 24.3 Å². The SMILES string of the molecule is C1=CCC(CC2CCCCC2)C=C1. The van der Waals surface area contributed by atoms with Gasteiger partial charge in [-0.2, -0.15) is 0 Å². The van der Waals surface area contributed by atoms with Crippen LogP contribution in [0.4, 0.5) is 0 Å². The largest absolute Gasteiger partial charge is 0.0840 e. The van der Waals surface area contributed by atoms with Gasteiger partial charge in [-0.05, 0) is 24.7 Å². The van der Waals surface area contributed by atoms with Crippen LogP contribution in [0.25, 0.3) is 0 Å². The minimum Gasteiger partial charge on any atom is -0.0840 e. The number of hydrogen-bond donors (Lipinski definition) is 0. The molecule has 0 aromatic rings. The van der Waals surface area contributed by atoms with Crippen molar-refractivity contribution in [3.8, 4) is 0 Å². The van der Waals surface area contributed by atoms with Gasteiger partial charge in [0.25, 0.3) is 0 Å². The summed E-state index contributed by atoms with van der Waals surface area (Å²) in [6.45, 7) is 0. The molecule has 0 bridgehead atoms. The predicted octanol–water partition coefficient (Wildman–Crippen LogP) is 4.09. The zero-order valence-corrected chi connectivity index (χ0v) is 8.41. The number of allylic oxidation sites excluding steroid dienone is 4. The van der Waals surface area contributed by atoms with Gasteiger partial charge in [0.1, 0.15) is 0 Å². The Bertz CT molecular complexity index is 194. The van der Waals surface area contributed by atoms with Gasteiger partial charge in [0, 0.05) is 0 Å². The summed E-state index contributed by atoms with van der Waals surface area (Å²) in [6.07, 6.45) is 19.3. The molecule has 2 aliphatic rings. The lowest BCUT2D eigenvalue weighted by atomic mass is 9.81. The van der Waals surface area contributed by atoms with Crippen LogP contribution >= 0.6 is 0 Å². The highest BCUT2D eigenvalue weighted by molar-refractivity contribution is 5.10. The second-order valence-corrected chi connectivity index (χ2v) is 4.55. The van der Waals surface area contributed by atoms with E-state index in [0.29, 0.717) is 0 Å². The van der Waals surface area contributed by atoms with E-state index < -0.39 is 0 Å². The molecule has 0 saturated heterocycles. The third-order valence-electron chi connectivity index (χ3n) is 3.43. The van der Waals surface area contributed by atoms with Crippen molar-refractivity contribution < 1.29 is 0 Å². The lowest BCUT2D eigenvalue weighted by Gasteiger charge is -2.25. The standard InChI is InChI=1S/C13H20/c1-3-7-12(8-4-1)11-13-9-5-2-6-10-13/h1,3-4,7,12-13H,2,5-6,8-11H2. The van der Waals surface area contributed by atoms with E-state index in [4.69, 9.17) is 0 Å². The molecule has 0 aromatic carbocycles. The molecule has 0 radical (unpaired) electrons. The molecular weight excluding hydrogens is 156 g/mol. The molecule has 2 rings (SSSR count). The molecule has 72 valence electrons. The molecular formula is C13H20. The van der Waals surface area contributed by atoms with Gasteiger partial charge in [0.05, 0.1) is 0 Å². The molecule has 1 unspecified atom stereocenters. The second-order valence-electron chi connectivity index (χ2n) is 4.55. The number of rotatable bonds is 2. The molecule has 0 heterocycles. The summed E-state index contributed by atoms with van der Waals surface area (Å²) in [5.41, 5.74) is 0. The first kappa shape index (κ1) is 9.05. The van der Waals surface area contributed by atoms with E-state index in [1.807, 2.05) is 0 Å². The van der Waals surface area contributed by atoms with Gasteiger partial charge >= 0.3 is 0 Å². The van der Waals surface area contributed by atoms with Crippen molar-refractivity contribution in [3.63, 3.8) is 0 Å². The zero-order chi connectivity index (χ0) is 8.93. The molecule has 13 heavy (non-hydrogen) atoms. The van der Waals surface area contributed by atoms with Crippen molar-refractivity contribution in [2.24, 2.45) is 11.8 Å². The Morgan fingerprint density at radius 3 is 2.54 bits per heavy atom. The molecule has 2 aliphatic carbocycles. The molecule has 0 aliphatic heterocycles. The Morgan fingerprint density at radius 1 is 1.00 bits per heavy atom. The summed E-state index contributed by atoms with van der Waals surface area (Å²) in [6, 6.07) is 0. The van der Waals surface area contributed by atoms with Gasteiger partial charge in [-0.15, -0.1) is 0 Å². The van der Waals surface area contributed by atoms with E-state index in [0.717, 1.165) is 11.8 Å². The van der Waals surface area contributed by atoms with Crippen LogP contribution in [0.1, 0.15) is 44.9 Å². The van der Waals surface area contributed by atoms with Crippen LogP contribution in [0.15, 0.2) is 24.3 Å². The van der Waals surface area contributed by atoms with E-state index in [1.165, 1.54) is 44.9 Å². The molecule has 0 heteroatoms. The normalized spacial score (nSPS) is 29.4. The molecule has 1 fully saturated rings. The first-order valence-corrected chi connectivity index (χ1v) is 5.78. The summed E-state index contributed by atoms with van der Waals surface area (Å²) in [5.74, 6) is 1.89. The first-order valence-electron chi connectivity index (χ1n) is 5.78. The van der Waals surface area contributed by atoms with Gasteiger partial charge in [-0.1, -0.05) is 56.4 Å². The maximum Gasteiger partial charge on any atom is -0.0193 e. The van der Waals surface area contributed by atoms with Crippen LogP contribution in [0, 0.1) is 11.8 Å². The summed E-state index contributed by atoms with van der Waals surface area (Å²) in [4.78, 5) is 0. The van der Waals surface area contributed by atoms with Crippen LogP contribution in [0.5, 0.6) is 0 Å². The van der Waals surface area contributed by atoms with Gasteiger partial charge in [0.15, 0.2) is 0 Å². The maximum atomic E-state index is 2.40. The van der Waals surface area contributed by atoms with E-state index in [2.05, 4.69) is 24.3 Å². The summed E-state index contributed by atoms with van der Waals surface area (Å²) >= 11 is 0. The third kappa shape index (κ3) is 2.72. The van der Waals surface area contributed by atoms with Crippen LogP contribution < -0.4 is 0 Å². The highest BCUT2D eigenvalue weighted by Crippen LogP contribution is 2.31. The average molecular weight is 176 g/mol. The zero-order valence-electron chi connectivity index (χ0n) is 8.41. The summed E-state index contributed by atoms with van der Waals surface area (Å²) in [7, 11) is 0. The van der Waals surface area contributed by atoms with Crippen molar-refractivity contribution in [2.75, 3.05) is 0 Å². The molecule has 0 nitrogen and oxygen atoms in total. The van der Waals surface area contributed by atoms with E-state index in [1.54, 1.807) is 0 Å². The average Bonchev–Trinajstić information content (AvgIpc) is 2.21. The van der Waals surface area contributed by atoms with Crippen LogP contribution in [0.2, 0.25) is 0 Å². The second kappa shape index (κ2) is 4.64. The Labute approximate surface area is 81.7 Å². The van der Waals surface area contributed by atoms with Gasteiger partial charge in [0.2, 0.25) is 0 Å². The van der Waals surface area contributed by atoms with Gasteiger partial charge in [-0.3, -0.25) is 0 Å². The Balaban J connectivity index is 1.76. The highest BCUT2D eigenvalue weighted by atomic mass is 14.2. The first-order chi connectivity index (χ1) is 6.45. The lowest BCUT2D eigenvalue weighted by molar-refractivity contribution is 0.308. The Kier molecular flexibility index (Phi) is 3.23. The molecule has 0 spiro atoms. The van der Waals surface area contributed by atoms with Crippen molar-refractivity contribution in [2.45, 2.75) is 44.9 Å². The molecule has 0 aromatic heterocycles. The molecule has 1 atom stereocenters. The van der Waals surface area contributed by atoms with Crippen LogP contribution in [-0.2, 0) is 0 Å². The predicted molar refractivity (Wildman–Crippen MR) is 57.6 cm³/mol. The van der Waals surface area contributed by atoms with Crippen molar-refractivity contribution in [1.82, 2.24) is 0 Å². The topological polar surface area (TPSA) is 0 Å². The minimum absolute atomic E-state index is 0.855. The summed E-state index contributed by atoms with van der Waals surface area (Å²) in [5, 5.41) is 0. The molecule has 0 N–H and O–H groups in total. The van der Waals surface area contributed by atoms with Crippen LogP contribution in [0.3, 0.4) is 0 Å². The lowest BCUT2D eigenvalue weighted by Crippen LogP contribution is -2.11. The van der Waals surface area contributed by atoms with Crippen molar-refractivity contribution in [1.29, 1.82) is 0 Å². The Morgan fingerprint density at radius 2 is 1.85 bits per heavy atom. The van der Waals surface area contributed by atoms with Crippen molar-refractivity contribution >= 4 is 0 Å². The fraction of sp³-hybridized carbons (Fsp3) is 0.692. The quantitative estimate of drug-likeness (QED) is 0.594. The maximum absolute atomic E-state index is 2.40. The molecule has 1 saturated carbocycles. The van der Waals surface area contributed by atoms with Gasteiger partial charge in [-0.25, -0.2) is 0 Å². The van der Waals surface area contributed by atoms with Gasteiger partial charge < -0.3 is 0 Å². The van der Waals surface area contributed by atoms with E-state index >= 15 is 0 Å². The monoisotopic (exact) mass is 176 g/mol. The highest BCUT2D eigenvalue weighted by Gasteiger charge is 2.17. The minimum atomic E-state index is 0.855. The third-order valence-corrected chi connectivity index (χ3v) is 3.43. The van der Waals surface area contributed by atoms with Crippen LogP contribution in [-0.4, -0.2) is 0 Å². The summed E-state index contributed by atoms with van der Waals surface area (Å²) < 4.78 is 0. The number of hydrogen-bond acceptors (Lipinski definition) is 0. The fourth-order valence-corrected chi connectivity index (χ4v) is 2.66. The molecule has 0 amide bonds. The Hall–Kier alpha value is -0.520. The van der Waals surface area contributed by atoms with E-state index in [9.17, 15) is 0 Å². The fourth-order valence-electron chi connectivity index (χ4n) is 2.66. The van der Waals surface area contributed by atoms with E-state index in [-0.39, 0.29) is 0 Å². The smallest absolute Gasteiger partial charge is 0.0193 e.